The zero-order valence-electron chi connectivity index (χ0n) is 17.4. The standard InChI is InChI=1S/C26H21BrN2O3/c1-16-23(25(30)28-15-21(26(31)32)17-8-4-2-5-9-17)20-14-19(27)12-13-22(20)29-24(16)18-10-6-3-7-11-18/h2-14,21H,15H2,1H3,(H,28,30)(H,31,32). The third-order valence-electron chi connectivity index (χ3n) is 5.43. The van der Waals surface area contributed by atoms with Gasteiger partial charge in [-0.05, 0) is 36.2 Å². The SMILES string of the molecule is Cc1c(-c2ccccc2)nc2ccc(Br)cc2c1C(=O)NCC(C(=O)O)c1ccccc1. The maximum Gasteiger partial charge on any atom is 0.312 e. The molecular weight excluding hydrogens is 468 g/mol. The molecule has 4 rings (SSSR count). The van der Waals surface area contributed by atoms with Crippen LogP contribution in [0, 0.1) is 6.92 Å². The van der Waals surface area contributed by atoms with Crippen molar-refractivity contribution in [3.63, 3.8) is 0 Å². The lowest BCUT2D eigenvalue weighted by Gasteiger charge is -2.17. The number of fused-ring (bicyclic) bond motifs is 1. The third kappa shape index (κ3) is 4.41. The number of carboxylic acid groups (broad SMARTS) is 1. The maximum atomic E-state index is 13.4. The van der Waals surface area contributed by atoms with Crippen LogP contribution in [0.2, 0.25) is 0 Å². The molecule has 0 radical (unpaired) electrons. The van der Waals surface area contributed by atoms with Crippen molar-refractivity contribution >= 4 is 38.7 Å². The molecule has 2 N–H and O–H groups in total. The molecule has 0 aliphatic carbocycles. The molecule has 32 heavy (non-hydrogen) atoms. The number of carbonyl (C=O) groups is 2. The number of aromatic nitrogens is 1. The molecule has 1 amide bonds. The molecule has 1 atom stereocenters. The van der Waals surface area contributed by atoms with Gasteiger partial charge in [0.1, 0.15) is 0 Å². The van der Waals surface area contributed by atoms with E-state index in [4.69, 9.17) is 4.98 Å². The predicted octanol–water partition coefficient (Wildman–Crippen LogP) is 5.57. The number of benzene rings is 3. The second-order valence-electron chi connectivity index (χ2n) is 7.50. The Balaban J connectivity index is 1.75. The van der Waals surface area contributed by atoms with Crippen LogP contribution in [0.25, 0.3) is 22.2 Å². The number of nitrogens with one attached hydrogen (secondary N) is 1. The van der Waals surface area contributed by atoms with Crippen molar-refractivity contribution in [1.82, 2.24) is 10.3 Å². The minimum atomic E-state index is -0.986. The van der Waals surface area contributed by atoms with Gasteiger partial charge in [-0.2, -0.15) is 0 Å². The minimum absolute atomic E-state index is 0.0177. The third-order valence-corrected chi connectivity index (χ3v) is 5.92. The summed E-state index contributed by atoms with van der Waals surface area (Å²) in [4.78, 5) is 30.0. The zero-order valence-corrected chi connectivity index (χ0v) is 19.0. The molecule has 3 aromatic carbocycles. The summed E-state index contributed by atoms with van der Waals surface area (Å²) in [5.41, 5.74) is 4.21. The largest absolute Gasteiger partial charge is 0.481 e. The van der Waals surface area contributed by atoms with Gasteiger partial charge in [0.25, 0.3) is 5.91 Å². The lowest BCUT2D eigenvalue weighted by atomic mass is 9.96. The number of aliphatic carboxylic acids is 1. The average Bonchev–Trinajstić information content (AvgIpc) is 2.80. The highest BCUT2D eigenvalue weighted by molar-refractivity contribution is 9.10. The van der Waals surface area contributed by atoms with E-state index in [0.29, 0.717) is 22.0 Å². The van der Waals surface area contributed by atoms with E-state index in [1.54, 1.807) is 24.3 Å². The molecule has 160 valence electrons. The maximum absolute atomic E-state index is 13.4. The zero-order chi connectivity index (χ0) is 22.7. The van der Waals surface area contributed by atoms with Crippen molar-refractivity contribution in [3.8, 4) is 11.3 Å². The van der Waals surface area contributed by atoms with E-state index in [1.165, 1.54) is 0 Å². The Morgan fingerprint density at radius 1 is 1.00 bits per heavy atom. The van der Waals surface area contributed by atoms with E-state index in [1.807, 2.05) is 61.5 Å². The molecule has 1 unspecified atom stereocenters. The fourth-order valence-corrected chi connectivity index (χ4v) is 4.18. The van der Waals surface area contributed by atoms with Crippen LogP contribution in [0.15, 0.2) is 83.3 Å². The second kappa shape index (κ2) is 9.32. The predicted molar refractivity (Wildman–Crippen MR) is 129 cm³/mol. The molecule has 0 bridgehead atoms. The van der Waals surface area contributed by atoms with Gasteiger partial charge in [-0.3, -0.25) is 9.59 Å². The molecule has 0 fully saturated rings. The summed E-state index contributed by atoms with van der Waals surface area (Å²) in [6.07, 6.45) is 0. The Kier molecular flexibility index (Phi) is 6.32. The lowest BCUT2D eigenvalue weighted by molar-refractivity contribution is -0.138. The van der Waals surface area contributed by atoms with Crippen LogP contribution in [-0.2, 0) is 4.79 Å². The summed E-state index contributed by atoms with van der Waals surface area (Å²) in [5, 5.41) is 13.3. The van der Waals surface area contributed by atoms with E-state index in [2.05, 4.69) is 21.2 Å². The van der Waals surface area contributed by atoms with Gasteiger partial charge in [0.2, 0.25) is 0 Å². The molecule has 1 aromatic heterocycles. The van der Waals surface area contributed by atoms with Crippen molar-refractivity contribution < 1.29 is 14.7 Å². The first kappa shape index (κ1) is 21.7. The van der Waals surface area contributed by atoms with Crippen LogP contribution in [0.5, 0.6) is 0 Å². The highest BCUT2D eigenvalue weighted by atomic mass is 79.9. The fraction of sp³-hybridized carbons (Fsp3) is 0.115. The van der Waals surface area contributed by atoms with Crippen LogP contribution < -0.4 is 5.32 Å². The second-order valence-corrected chi connectivity index (χ2v) is 8.42. The number of amides is 1. The van der Waals surface area contributed by atoms with E-state index in [9.17, 15) is 14.7 Å². The van der Waals surface area contributed by atoms with Crippen molar-refractivity contribution in [2.75, 3.05) is 6.54 Å². The number of hydrogen-bond donors (Lipinski definition) is 2. The molecule has 4 aromatic rings. The van der Waals surface area contributed by atoms with Gasteiger partial charge in [-0.25, -0.2) is 4.98 Å². The summed E-state index contributed by atoms with van der Waals surface area (Å²) >= 11 is 3.48. The summed E-state index contributed by atoms with van der Waals surface area (Å²) in [6, 6.07) is 24.2. The van der Waals surface area contributed by atoms with E-state index in [0.717, 1.165) is 21.3 Å². The van der Waals surface area contributed by atoms with Gasteiger partial charge in [0.15, 0.2) is 0 Å². The molecule has 0 aliphatic rings. The van der Waals surface area contributed by atoms with Crippen LogP contribution in [-0.4, -0.2) is 28.5 Å². The van der Waals surface area contributed by atoms with Crippen LogP contribution in [0.3, 0.4) is 0 Å². The van der Waals surface area contributed by atoms with Crippen molar-refractivity contribution in [2.45, 2.75) is 12.8 Å². The van der Waals surface area contributed by atoms with Gasteiger partial charge in [0, 0.05) is 22.0 Å². The first-order valence-corrected chi connectivity index (χ1v) is 11.0. The minimum Gasteiger partial charge on any atom is -0.481 e. The molecule has 0 aliphatic heterocycles. The Morgan fingerprint density at radius 2 is 1.66 bits per heavy atom. The Labute approximate surface area is 194 Å². The van der Waals surface area contributed by atoms with Gasteiger partial charge in [0.05, 0.1) is 22.7 Å². The Morgan fingerprint density at radius 3 is 2.31 bits per heavy atom. The normalized spacial score (nSPS) is 11.8. The Bertz CT molecular complexity index is 1290. The molecule has 0 saturated heterocycles. The van der Waals surface area contributed by atoms with Gasteiger partial charge < -0.3 is 10.4 Å². The number of carbonyl (C=O) groups excluding carboxylic acids is 1. The molecule has 6 heteroatoms. The number of carboxylic acids is 1. The monoisotopic (exact) mass is 488 g/mol. The average molecular weight is 489 g/mol. The summed E-state index contributed by atoms with van der Waals surface area (Å²) in [7, 11) is 0. The molecule has 5 nitrogen and oxygen atoms in total. The number of hydrogen-bond acceptors (Lipinski definition) is 3. The van der Waals surface area contributed by atoms with Crippen molar-refractivity contribution in [1.29, 1.82) is 0 Å². The molecule has 0 spiro atoms. The topological polar surface area (TPSA) is 79.3 Å². The van der Waals surface area contributed by atoms with Crippen LogP contribution in [0.4, 0.5) is 0 Å². The lowest BCUT2D eigenvalue weighted by Crippen LogP contribution is -2.32. The number of nitrogens with zero attached hydrogens (tertiary/aromatic N) is 1. The molecular formula is C26H21BrN2O3. The van der Waals surface area contributed by atoms with Crippen molar-refractivity contribution in [3.05, 3.63) is 100 Å². The highest BCUT2D eigenvalue weighted by Crippen LogP contribution is 2.31. The van der Waals surface area contributed by atoms with Crippen LogP contribution >= 0.6 is 15.9 Å². The highest BCUT2D eigenvalue weighted by Gasteiger charge is 2.23. The quantitative estimate of drug-likeness (QED) is 0.371. The smallest absolute Gasteiger partial charge is 0.312 e. The number of halogens is 1. The van der Waals surface area contributed by atoms with E-state index < -0.39 is 11.9 Å². The molecule has 0 saturated carbocycles. The van der Waals surface area contributed by atoms with Gasteiger partial charge in [-0.15, -0.1) is 0 Å². The first-order valence-electron chi connectivity index (χ1n) is 10.2. The molecule has 1 heterocycles. The summed E-state index contributed by atoms with van der Waals surface area (Å²) in [5.74, 6) is -2.15. The number of rotatable bonds is 6. The van der Waals surface area contributed by atoms with E-state index in [-0.39, 0.29) is 12.5 Å². The van der Waals surface area contributed by atoms with E-state index >= 15 is 0 Å². The van der Waals surface area contributed by atoms with Gasteiger partial charge in [-0.1, -0.05) is 76.6 Å². The Hall–Kier alpha value is -3.51. The first-order chi connectivity index (χ1) is 15.5. The summed E-state index contributed by atoms with van der Waals surface area (Å²) in [6.45, 7) is 1.85. The number of pyridine rings is 1. The van der Waals surface area contributed by atoms with Gasteiger partial charge >= 0.3 is 5.97 Å². The summed E-state index contributed by atoms with van der Waals surface area (Å²) < 4.78 is 0.834. The van der Waals surface area contributed by atoms with Crippen molar-refractivity contribution in [2.24, 2.45) is 0 Å². The fourth-order valence-electron chi connectivity index (χ4n) is 3.82. The van der Waals surface area contributed by atoms with Crippen LogP contribution in [0.1, 0.15) is 27.4 Å².